The maximum Gasteiger partial charge on any atom is 0.265 e. The van der Waals surface area contributed by atoms with Crippen LogP contribution in [0.4, 0.5) is 0 Å². The molecule has 2 aliphatic rings. The summed E-state index contributed by atoms with van der Waals surface area (Å²) in [7, 11) is 0. The van der Waals surface area contributed by atoms with Crippen molar-refractivity contribution < 1.29 is 14.4 Å². The van der Waals surface area contributed by atoms with Gasteiger partial charge in [-0.2, -0.15) is 0 Å². The van der Waals surface area contributed by atoms with Crippen LogP contribution >= 0.6 is 11.3 Å². The first kappa shape index (κ1) is 14.3. The number of imide groups is 1. The van der Waals surface area contributed by atoms with Gasteiger partial charge >= 0.3 is 0 Å². The van der Waals surface area contributed by atoms with Crippen molar-refractivity contribution in [1.29, 1.82) is 0 Å². The Bertz CT molecular complexity index is 609. The van der Waals surface area contributed by atoms with Gasteiger partial charge in [-0.3, -0.25) is 19.7 Å². The number of amides is 3. The van der Waals surface area contributed by atoms with E-state index in [9.17, 15) is 14.4 Å². The molecular weight excluding hydrogens is 288 g/mol. The quantitative estimate of drug-likeness (QED) is 0.800. The summed E-state index contributed by atoms with van der Waals surface area (Å²) in [6.07, 6.45) is 4.36. The van der Waals surface area contributed by atoms with Crippen LogP contribution in [0.15, 0.2) is 6.07 Å². The van der Waals surface area contributed by atoms with Crippen LogP contribution < -0.4 is 5.32 Å². The topological polar surface area (TPSA) is 66.5 Å². The largest absolute Gasteiger partial charge is 0.314 e. The lowest BCUT2D eigenvalue weighted by molar-refractivity contribution is -0.143. The molecule has 1 aliphatic heterocycles. The van der Waals surface area contributed by atoms with Crippen LogP contribution in [0.2, 0.25) is 0 Å². The van der Waals surface area contributed by atoms with E-state index in [1.807, 2.05) is 6.07 Å². The standard InChI is InChI=1S/C15H18N2O3S/c1-15(2)14(20)16-12(18)8-17(15)13(19)11-7-9-5-3-4-6-10(9)21-11/h7H,3-6,8H2,1-2H3,(H,16,18,20). The zero-order valence-electron chi connectivity index (χ0n) is 12.2. The molecule has 1 aliphatic carbocycles. The van der Waals surface area contributed by atoms with Crippen LogP contribution in [-0.2, 0) is 22.4 Å². The highest BCUT2D eigenvalue weighted by molar-refractivity contribution is 7.14. The number of hydrogen-bond donors (Lipinski definition) is 1. The van der Waals surface area contributed by atoms with Crippen molar-refractivity contribution >= 4 is 29.1 Å². The van der Waals surface area contributed by atoms with Crippen LogP contribution in [0.25, 0.3) is 0 Å². The second-order valence-electron chi connectivity index (χ2n) is 6.09. The number of carbonyl (C=O) groups excluding carboxylic acids is 3. The fraction of sp³-hybridized carbons (Fsp3) is 0.533. The first-order valence-corrected chi connectivity index (χ1v) is 7.99. The van der Waals surface area contributed by atoms with Crippen LogP contribution in [0, 0.1) is 0 Å². The summed E-state index contributed by atoms with van der Waals surface area (Å²) in [5, 5.41) is 2.29. The molecule has 1 aromatic heterocycles. The number of carbonyl (C=O) groups is 3. The maximum absolute atomic E-state index is 12.7. The smallest absolute Gasteiger partial charge is 0.265 e. The molecule has 0 spiro atoms. The molecule has 1 saturated heterocycles. The van der Waals surface area contributed by atoms with E-state index >= 15 is 0 Å². The number of nitrogens with zero attached hydrogens (tertiary/aromatic N) is 1. The summed E-state index contributed by atoms with van der Waals surface area (Å²) in [5.41, 5.74) is 0.246. The minimum atomic E-state index is -1.00. The van der Waals surface area contributed by atoms with E-state index in [-0.39, 0.29) is 12.5 Å². The molecule has 1 N–H and O–H groups in total. The number of rotatable bonds is 1. The number of hydrogen-bond acceptors (Lipinski definition) is 4. The van der Waals surface area contributed by atoms with E-state index in [0.717, 1.165) is 25.7 Å². The van der Waals surface area contributed by atoms with Crippen molar-refractivity contribution in [1.82, 2.24) is 10.2 Å². The van der Waals surface area contributed by atoms with Crippen molar-refractivity contribution in [3.05, 3.63) is 21.4 Å². The molecule has 1 fully saturated rings. The third-order valence-electron chi connectivity index (χ3n) is 4.24. The summed E-state index contributed by atoms with van der Waals surface area (Å²) in [6, 6.07) is 1.94. The predicted molar refractivity (Wildman–Crippen MR) is 79.2 cm³/mol. The monoisotopic (exact) mass is 306 g/mol. The van der Waals surface area contributed by atoms with E-state index in [2.05, 4.69) is 5.32 Å². The van der Waals surface area contributed by atoms with E-state index in [1.54, 1.807) is 13.8 Å². The van der Waals surface area contributed by atoms with Gasteiger partial charge in [0.05, 0.1) is 4.88 Å². The van der Waals surface area contributed by atoms with Gasteiger partial charge < -0.3 is 4.90 Å². The lowest BCUT2D eigenvalue weighted by Gasteiger charge is -2.39. The third kappa shape index (κ3) is 2.37. The minimum absolute atomic E-state index is 0.0693. The van der Waals surface area contributed by atoms with Crippen LogP contribution in [0.5, 0.6) is 0 Å². The fourth-order valence-electron chi connectivity index (χ4n) is 2.84. The van der Waals surface area contributed by atoms with Crippen molar-refractivity contribution in [3.8, 4) is 0 Å². The number of thiophene rings is 1. The Morgan fingerprint density at radius 2 is 2.00 bits per heavy atom. The Kier molecular flexibility index (Phi) is 3.36. The zero-order chi connectivity index (χ0) is 15.2. The van der Waals surface area contributed by atoms with Gasteiger partial charge in [0.15, 0.2) is 0 Å². The first-order chi connectivity index (χ1) is 9.89. The minimum Gasteiger partial charge on any atom is -0.314 e. The molecule has 2 heterocycles. The third-order valence-corrected chi connectivity index (χ3v) is 5.46. The van der Waals surface area contributed by atoms with Crippen LogP contribution in [0.1, 0.15) is 46.8 Å². The van der Waals surface area contributed by atoms with Crippen LogP contribution in [0.3, 0.4) is 0 Å². The SMILES string of the molecule is CC1(C)C(=O)NC(=O)CN1C(=O)c1cc2c(s1)CCCC2. The van der Waals surface area contributed by atoms with Gasteiger partial charge in [0, 0.05) is 4.88 Å². The Morgan fingerprint density at radius 3 is 2.71 bits per heavy atom. The lowest BCUT2D eigenvalue weighted by Crippen LogP contribution is -2.65. The molecule has 0 bridgehead atoms. The molecule has 0 aromatic carbocycles. The Balaban J connectivity index is 1.91. The van der Waals surface area contributed by atoms with E-state index in [0.29, 0.717) is 4.88 Å². The summed E-state index contributed by atoms with van der Waals surface area (Å²) in [6.45, 7) is 3.26. The van der Waals surface area contributed by atoms with Gasteiger partial charge in [-0.1, -0.05) is 0 Å². The van der Waals surface area contributed by atoms with Crippen molar-refractivity contribution in [2.24, 2.45) is 0 Å². The fourth-order valence-corrected chi connectivity index (χ4v) is 4.04. The zero-order valence-corrected chi connectivity index (χ0v) is 13.0. The Morgan fingerprint density at radius 1 is 1.29 bits per heavy atom. The van der Waals surface area contributed by atoms with Gasteiger partial charge in [0.2, 0.25) is 5.91 Å². The molecular formula is C15H18N2O3S. The lowest BCUT2D eigenvalue weighted by atomic mass is 9.97. The summed E-state index contributed by atoms with van der Waals surface area (Å²) in [5.74, 6) is -1.06. The van der Waals surface area contributed by atoms with E-state index in [4.69, 9.17) is 0 Å². The van der Waals surface area contributed by atoms with Gasteiger partial charge in [-0.15, -0.1) is 11.3 Å². The summed E-state index contributed by atoms with van der Waals surface area (Å²) in [4.78, 5) is 39.5. The number of nitrogens with one attached hydrogen (secondary N) is 1. The van der Waals surface area contributed by atoms with Crippen molar-refractivity contribution in [3.63, 3.8) is 0 Å². The summed E-state index contributed by atoms with van der Waals surface area (Å²) < 4.78 is 0. The normalized spacial score (nSPS) is 21.0. The maximum atomic E-state index is 12.7. The highest BCUT2D eigenvalue weighted by Gasteiger charge is 2.44. The number of piperazine rings is 1. The number of fused-ring (bicyclic) bond motifs is 1. The highest BCUT2D eigenvalue weighted by atomic mass is 32.1. The molecule has 0 unspecified atom stereocenters. The van der Waals surface area contributed by atoms with Crippen LogP contribution in [-0.4, -0.2) is 34.7 Å². The second-order valence-corrected chi connectivity index (χ2v) is 7.23. The molecule has 3 amide bonds. The molecule has 0 saturated carbocycles. The molecule has 3 rings (SSSR count). The Hall–Kier alpha value is -1.69. The first-order valence-electron chi connectivity index (χ1n) is 7.17. The predicted octanol–water partition coefficient (Wildman–Crippen LogP) is 1.50. The molecule has 1 aromatic rings. The molecule has 6 heteroatoms. The molecule has 0 atom stereocenters. The number of aryl methyl sites for hydroxylation is 2. The Labute approximate surface area is 127 Å². The average molecular weight is 306 g/mol. The molecule has 112 valence electrons. The van der Waals surface area contributed by atoms with Crippen molar-refractivity contribution in [2.45, 2.75) is 45.1 Å². The van der Waals surface area contributed by atoms with Crippen molar-refractivity contribution in [2.75, 3.05) is 6.54 Å². The van der Waals surface area contributed by atoms with E-state index < -0.39 is 17.4 Å². The van der Waals surface area contributed by atoms with Gasteiger partial charge in [0.25, 0.3) is 11.8 Å². The summed E-state index contributed by atoms with van der Waals surface area (Å²) >= 11 is 1.51. The van der Waals surface area contributed by atoms with E-state index in [1.165, 1.54) is 26.7 Å². The molecule has 0 radical (unpaired) electrons. The molecule has 21 heavy (non-hydrogen) atoms. The van der Waals surface area contributed by atoms with Gasteiger partial charge in [-0.25, -0.2) is 0 Å². The second kappa shape index (κ2) is 4.94. The highest BCUT2D eigenvalue weighted by Crippen LogP contribution is 2.32. The average Bonchev–Trinajstić information content (AvgIpc) is 2.86. The van der Waals surface area contributed by atoms with Gasteiger partial charge in [0.1, 0.15) is 12.1 Å². The van der Waals surface area contributed by atoms with Gasteiger partial charge in [-0.05, 0) is 51.2 Å². The molecule has 5 nitrogen and oxygen atoms in total.